The van der Waals surface area contributed by atoms with E-state index in [1.165, 1.54) is 6.26 Å². The highest BCUT2D eigenvalue weighted by atomic mass is 35.5. The number of hydrogen-bond donors (Lipinski definition) is 2. The zero-order valence-corrected chi connectivity index (χ0v) is 14.1. The monoisotopic (exact) mass is 326 g/mol. The first-order valence-electron chi connectivity index (χ1n) is 6.84. The van der Waals surface area contributed by atoms with Crippen LogP contribution in [0, 0.1) is 5.92 Å². The maximum absolute atomic E-state index is 12.2. The van der Waals surface area contributed by atoms with Gasteiger partial charge < -0.3 is 11.1 Å². The molecule has 0 aromatic heterocycles. The van der Waals surface area contributed by atoms with E-state index in [1.54, 1.807) is 0 Å². The fraction of sp³-hybridized carbons (Fsp3) is 0.923. The van der Waals surface area contributed by atoms with Crippen molar-refractivity contribution in [3.8, 4) is 0 Å². The Morgan fingerprint density at radius 2 is 1.95 bits per heavy atom. The molecule has 1 rings (SSSR count). The van der Waals surface area contributed by atoms with Crippen LogP contribution in [0.15, 0.2) is 0 Å². The van der Waals surface area contributed by atoms with Crippen LogP contribution in [0.3, 0.4) is 0 Å². The van der Waals surface area contributed by atoms with E-state index in [9.17, 15) is 13.2 Å². The minimum Gasteiger partial charge on any atom is -0.351 e. The van der Waals surface area contributed by atoms with Gasteiger partial charge >= 0.3 is 0 Å². The summed E-state index contributed by atoms with van der Waals surface area (Å²) in [4.78, 5) is 12.2. The molecular formula is C13H27ClN2O3S. The highest BCUT2D eigenvalue weighted by Gasteiger charge is 2.29. The first-order valence-corrected chi connectivity index (χ1v) is 8.90. The molecule has 0 radical (unpaired) electrons. The van der Waals surface area contributed by atoms with E-state index in [2.05, 4.69) is 5.32 Å². The predicted octanol–water partition coefficient (Wildman–Crippen LogP) is 1.26. The summed E-state index contributed by atoms with van der Waals surface area (Å²) in [5, 5.41) is 2.96. The average Bonchev–Trinajstić information content (AvgIpc) is 2.25. The van der Waals surface area contributed by atoms with Gasteiger partial charge in [-0.1, -0.05) is 6.42 Å². The van der Waals surface area contributed by atoms with Crippen LogP contribution in [0.25, 0.3) is 0 Å². The lowest BCUT2D eigenvalue weighted by molar-refractivity contribution is -0.127. The highest BCUT2D eigenvalue weighted by molar-refractivity contribution is 7.90. The third-order valence-corrected chi connectivity index (χ3v) is 4.59. The number of rotatable bonds is 5. The molecule has 1 amide bonds. The van der Waals surface area contributed by atoms with Gasteiger partial charge in [0.15, 0.2) is 0 Å². The lowest BCUT2D eigenvalue weighted by atomic mass is 9.85. The summed E-state index contributed by atoms with van der Waals surface area (Å²) >= 11 is 0. The second kappa shape index (κ2) is 7.61. The van der Waals surface area contributed by atoms with E-state index in [0.717, 1.165) is 25.7 Å². The van der Waals surface area contributed by atoms with Crippen LogP contribution in [0.2, 0.25) is 0 Å². The molecule has 1 aliphatic rings. The van der Waals surface area contributed by atoms with Crippen LogP contribution in [-0.2, 0) is 14.6 Å². The van der Waals surface area contributed by atoms with Crippen LogP contribution in [0.4, 0.5) is 0 Å². The Labute approximate surface area is 128 Å². The zero-order chi connectivity index (χ0) is 14.7. The van der Waals surface area contributed by atoms with Gasteiger partial charge in [-0.2, -0.15) is 0 Å². The molecule has 1 aliphatic carbocycles. The summed E-state index contributed by atoms with van der Waals surface area (Å²) < 4.78 is 22.4. The van der Waals surface area contributed by atoms with Gasteiger partial charge in [0.2, 0.25) is 5.91 Å². The molecule has 0 aromatic carbocycles. The fourth-order valence-electron chi connectivity index (χ4n) is 2.40. The molecule has 1 fully saturated rings. The van der Waals surface area contributed by atoms with Gasteiger partial charge in [0.05, 0.1) is 5.75 Å². The second-order valence-corrected chi connectivity index (χ2v) is 8.64. The van der Waals surface area contributed by atoms with Gasteiger partial charge in [-0.3, -0.25) is 4.79 Å². The molecule has 5 nitrogen and oxygen atoms in total. The molecule has 0 spiro atoms. The van der Waals surface area contributed by atoms with Crippen LogP contribution >= 0.6 is 12.4 Å². The molecule has 1 saturated carbocycles. The number of amides is 1. The van der Waals surface area contributed by atoms with Crippen molar-refractivity contribution < 1.29 is 13.2 Å². The van der Waals surface area contributed by atoms with E-state index in [1.807, 2.05) is 13.8 Å². The fourth-order valence-corrected chi connectivity index (χ4v) is 3.29. The molecule has 120 valence electrons. The lowest BCUT2D eigenvalue weighted by Gasteiger charge is -2.31. The summed E-state index contributed by atoms with van der Waals surface area (Å²) in [7, 11) is -3.00. The molecule has 0 heterocycles. The van der Waals surface area contributed by atoms with Crippen LogP contribution in [0.1, 0.15) is 46.0 Å². The number of halogens is 1. The molecule has 0 bridgehead atoms. The van der Waals surface area contributed by atoms with Crippen LogP contribution in [-0.4, -0.2) is 37.9 Å². The predicted molar refractivity (Wildman–Crippen MR) is 83.7 cm³/mol. The molecular weight excluding hydrogens is 300 g/mol. The first-order chi connectivity index (χ1) is 8.59. The van der Waals surface area contributed by atoms with E-state index in [-0.39, 0.29) is 36.0 Å². The molecule has 20 heavy (non-hydrogen) atoms. The maximum Gasteiger partial charge on any atom is 0.223 e. The number of nitrogens with two attached hydrogens (primary N) is 1. The third kappa shape index (κ3) is 7.45. The van der Waals surface area contributed by atoms with E-state index >= 15 is 0 Å². The smallest absolute Gasteiger partial charge is 0.223 e. The number of hydrogen-bond acceptors (Lipinski definition) is 4. The van der Waals surface area contributed by atoms with Crippen molar-refractivity contribution in [2.75, 3.05) is 12.0 Å². The first kappa shape index (κ1) is 19.7. The third-order valence-electron chi connectivity index (χ3n) is 3.64. The van der Waals surface area contributed by atoms with Crippen molar-refractivity contribution in [2.24, 2.45) is 11.7 Å². The van der Waals surface area contributed by atoms with Crippen LogP contribution in [0.5, 0.6) is 0 Å². The summed E-state index contributed by atoms with van der Waals surface area (Å²) in [6.07, 6.45) is 5.22. The van der Waals surface area contributed by atoms with Crippen molar-refractivity contribution in [1.82, 2.24) is 5.32 Å². The largest absolute Gasteiger partial charge is 0.351 e. The van der Waals surface area contributed by atoms with E-state index < -0.39 is 15.4 Å². The molecule has 3 N–H and O–H groups in total. The van der Waals surface area contributed by atoms with Crippen molar-refractivity contribution in [3.05, 3.63) is 0 Å². The summed E-state index contributed by atoms with van der Waals surface area (Å²) in [6, 6.07) is 0.114. The number of nitrogens with one attached hydrogen (secondary N) is 1. The number of sulfone groups is 1. The number of carbonyl (C=O) groups excluding carboxylic acids is 1. The van der Waals surface area contributed by atoms with Crippen molar-refractivity contribution in [2.45, 2.75) is 57.5 Å². The zero-order valence-electron chi connectivity index (χ0n) is 12.5. The number of carbonyl (C=O) groups is 1. The summed E-state index contributed by atoms with van der Waals surface area (Å²) in [5.41, 5.74) is 5.38. The molecule has 0 saturated heterocycles. The van der Waals surface area contributed by atoms with Crippen molar-refractivity contribution in [3.63, 3.8) is 0 Å². The Morgan fingerprint density at radius 3 is 2.45 bits per heavy atom. The van der Waals surface area contributed by atoms with Crippen molar-refractivity contribution in [1.29, 1.82) is 0 Å². The molecule has 2 atom stereocenters. The lowest BCUT2D eigenvalue weighted by Crippen LogP contribution is -2.48. The van der Waals surface area contributed by atoms with Gasteiger partial charge in [-0.05, 0) is 39.5 Å². The molecule has 0 aliphatic heterocycles. The molecule has 2 unspecified atom stereocenters. The SMILES string of the molecule is CC(C)(CCS(C)(=O)=O)NC(=O)C1CCCC(N)C1.Cl. The minimum atomic E-state index is -3.00. The maximum atomic E-state index is 12.2. The summed E-state index contributed by atoms with van der Waals surface area (Å²) in [5.74, 6) is 0.0692. The average molecular weight is 327 g/mol. The van der Waals surface area contributed by atoms with Crippen molar-refractivity contribution >= 4 is 28.2 Å². The van der Waals surface area contributed by atoms with E-state index in [0.29, 0.717) is 6.42 Å². The Morgan fingerprint density at radius 1 is 1.35 bits per heavy atom. The Hall–Kier alpha value is -0.330. The Balaban J connectivity index is 0.00000361. The van der Waals surface area contributed by atoms with E-state index in [4.69, 9.17) is 5.73 Å². The minimum absolute atomic E-state index is 0. The van der Waals surface area contributed by atoms with Gasteiger partial charge in [-0.25, -0.2) is 8.42 Å². The standard InChI is InChI=1S/C13H26N2O3S.ClH/c1-13(2,7-8-19(3,17)18)15-12(16)10-5-4-6-11(14)9-10;/h10-11H,4-9,14H2,1-3H3,(H,15,16);1H. The normalized spacial score (nSPS) is 23.8. The Bertz CT molecular complexity index is 423. The highest BCUT2D eigenvalue weighted by Crippen LogP contribution is 2.24. The van der Waals surface area contributed by atoms with Gasteiger partial charge in [0, 0.05) is 23.8 Å². The van der Waals surface area contributed by atoms with Gasteiger partial charge in [0.1, 0.15) is 9.84 Å². The second-order valence-electron chi connectivity index (χ2n) is 6.38. The Kier molecular flexibility index (Phi) is 7.49. The topological polar surface area (TPSA) is 89.3 Å². The van der Waals surface area contributed by atoms with Crippen LogP contribution < -0.4 is 11.1 Å². The quantitative estimate of drug-likeness (QED) is 0.795. The molecule has 0 aromatic rings. The summed E-state index contributed by atoms with van der Waals surface area (Å²) in [6.45, 7) is 3.72. The van der Waals surface area contributed by atoms with Gasteiger partial charge in [-0.15, -0.1) is 12.4 Å². The van der Waals surface area contributed by atoms with Gasteiger partial charge in [0.25, 0.3) is 0 Å². The molecule has 7 heteroatoms.